The molecule has 0 aliphatic carbocycles. The van der Waals surface area contributed by atoms with E-state index < -0.39 is 32.2 Å². The lowest BCUT2D eigenvalue weighted by molar-refractivity contribution is -0.151. The van der Waals surface area contributed by atoms with Gasteiger partial charge >= 0.3 is 7.82 Å². The van der Waals surface area contributed by atoms with Crippen LogP contribution < -0.4 is 0 Å². The Balaban J connectivity index is 1.98. The van der Waals surface area contributed by atoms with E-state index in [0.29, 0.717) is 12.8 Å². The van der Waals surface area contributed by atoms with Crippen LogP contribution in [0, 0.1) is 0 Å². The summed E-state index contributed by atoms with van der Waals surface area (Å²) in [5.74, 6) is 0. The van der Waals surface area contributed by atoms with Gasteiger partial charge in [0.05, 0.1) is 50.3 Å². The summed E-state index contributed by atoms with van der Waals surface area (Å²) in [4.78, 5) is 10.3. The summed E-state index contributed by atoms with van der Waals surface area (Å²) in [7, 11) is -4.42. The molecular weight excluding hydrogens is 403 g/mol. The zero-order valence-corrected chi connectivity index (χ0v) is 19.2. The number of rotatable bonds is 11. The van der Waals surface area contributed by atoms with E-state index in [-0.39, 0.29) is 43.7 Å². The van der Waals surface area contributed by atoms with Crippen molar-refractivity contribution in [3.63, 3.8) is 0 Å². The van der Waals surface area contributed by atoms with Gasteiger partial charge in [0.1, 0.15) is 17.8 Å². The fourth-order valence-electron chi connectivity index (χ4n) is 3.72. The molecule has 7 atom stereocenters. The molecule has 3 unspecified atom stereocenters. The quantitative estimate of drug-likeness (QED) is 0.468. The molecule has 29 heavy (non-hydrogen) atoms. The Morgan fingerprint density at radius 1 is 1.14 bits per heavy atom. The van der Waals surface area contributed by atoms with Crippen molar-refractivity contribution in [2.45, 2.75) is 103 Å². The van der Waals surface area contributed by atoms with Gasteiger partial charge in [0.25, 0.3) is 0 Å². The van der Waals surface area contributed by atoms with E-state index in [9.17, 15) is 14.6 Å². The molecule has 172 valence electrons. The summed E-state index contributed by atoms with van der Waals surface area (Å²) in [6.07, 6.45) is -0.840. The molecule has 9 nitrogen and oxygen atoms in total. The van der Waals surface area contributed by atoms with Crippen LogP contribution in [0.1, 0.15) is 54.4 Å². The first-order chi connectivity index (χ1) is 13.5. The highest BCUT2D eigenvalue weighted by Crippen LogP contribution is 2.50. The molecule has 0 aromatic carbocycles. The molecule has 2 fully saturated rings. The third-order valence-electron chi connectivity index (χ3n) is 4.99. The maximum absolute atomic E-state index is 12.6. The van der Waals surface area contributed by atoms with Gasteiger partial charge in [-0.3, -0.25) is 9.05 Å². The van der Waals surface area contributed by atoms with Crippen LogP contribution in [0.3, 0.4) is 0 Å². The first-order valence-corrected chi connectivity index (χ1v) is 11.8. The smallest absolute Gasteiger partial charge is 0.393 e. The predicted molar refractivity (Wildman–Crippen MR) is 106 cm³/mol. The van der Waals surface area contributed by atoms with Gasteiger partial charge in [-0.1, -0.05) is 0 Å². The van der Waals surface area contributed by atoms with Crippen molar-refractivity contribution in [3.05, 3.63) is 0 Å². The Bertz CT molecular complexity index is 558. The maximum Gasteiger partial charge on any atom is 0.472 e. The molecule has 10 heteroatoms. The van der Waals surface area contributed by atoms with Crippen molar-refractivity contribution < 1.29 is 42.6 Å². The van der Waals surface area contributed by atoms with E-state index in [1.807, 2.05) is 41.5 Å². The van der Waals surface area contributed by atoms with E-state index >= 15 is 0 Å². The average Bonchev–Trinajstić information content (AvgIpc) is 3.09. The number of phosphoric acid groups is 1. The van der Waals surface area contributed by atoms with Crippen LogP contribution >= 0.6 is 7.82 Å². The van der Waals surface area contributed by atoms with Gasteiger partial charge in [0.15, 0.2) is 0 Å². The molecule has 2 N–H and O–H groups in total. The zero-order valence-electron chi connectivity index (χ0n) is 18.3. The molecule has 2 aliphatic rings. The lowest BCUT2D eigenvalue weighted by atomic mass is 9.98. The Kier molecular flexibility index (Phi) is 9.10. The van der Waals surface area contributed by atoms with E-state index in [2.05, 4.69) is 0 Å². The van der Waals surface area contributed by atoms with Crippen molar-refractivity contribution in [1.82, 2.24) is 0 Å². The van der Waals surface area contributed by atoms with Crippen LogP contribution in [0.15, 0.2) is 0 Å². The van der Waals surface area contributed by atoms with Crippen molar-refractivity contribution in [1.29, 1.82) is 0 Å². The highest BCUT2D eigenvalue weighted by atomic mass is 31.2. The third-order valence-corrected chi connectivity index (χ3v) is 5.99. The molecule has 0 radical (unpaired) electrons. The highest BCUT2D eigenvalue weighted by molar-refractivity contribution is 7.47. The number of hydrogen-bond acceptors (Lipinski definition) is 8. The van der Waals surface area contributed by atoms with E-state index in [1.54, 1.807) is 0 Å². The zero-order chi connectivity index (χ0) is 21.8. The average molecular weight is 440 g/mol. The fraction of sp³-hybridized carbons (Fsp3) is 1.00. The summed E-state index contributed by atoms with van der Waals surface area (Å²) in [6.45, 7) is 10.8. The Morgan fingerprint density at radius 3 is 2.41 bits per heavy atom. The number of phosphoric ester groups is 1. The van der Waals surface area contributed by atoms with Crippen molar-refractivity contribution in [2.24, 2.45) is 0 Å². The summed E-state index contributed by atoms with van der Waals surface area (Å²) in [5.41, 5.74) is -1.22. The van der Waals surface area contributed by atoms with Gasteiger partial charge in [-0.15, -0.1) is 0 Å². The predicted octanol–water partition coefficient (Wildman–Crippen LogP) is 2.42. The normalized spacial score (nSPS) is 37.5. The second-order valence-electron chi connectivity index (χ2n) is 8.55. The van der Waals surface area contributed by atoms with Crippen molar-refractivity contribution >= 4 is 7.82 Å². The van der Waals surface area contributed by atoms with Gasteiger partial charge in [0, 0.05) is 12.8 Å². The SMILES string of the molecule is CC(C)OC[C@@]1(CO)O[C@@H](C)CC1OP(=O)(O)OC[C@H]1O[C@@H](C)CC1OC(C)C. The Hall–Kier alpha value is -0.0900. The van der Waals surface area contributed by atoms with Gasteiger partial charge in [-0.2, -0.15) is 0 Å². The van der Waals surface area contributed by atoms with E-state index in [0.717, 1.165) is 0 Å². The molecule has 2 heterocycles. The van der Waals surface area contributed by atoms with Crippen molar-refractivity contribution in [2.75, 3.05) is 19.8 Å². The van der Waals surface area contributed by atoms with Gasteiger partial charge in [-0.25, -0.2) is 4.57 Å². The first-order valence-electron chi connectivity index (χ1n) is 10.3. The Labute approximate surface area is 173 Å². The summed E-state index contributed by atoms with van der Waals surface area (Å²) in [5, 5.41) is 9.93. The van der Waals surface area contributed by atoms with E-state index in [1.165, 1.54) is 0 Å². The van der Waals surface area contributed by atoms with Crippen LogP contribution in [0.5, 0.6) is 0 Å². The second-order valence-corrected chi connectivity index (χ2v) is 9.96. The molecule has 0 saturated carbocycles. The van der Waals surface area contributed by atoms with Crippen LogP contribution in [-0.2, 0) is 32.6 Å². The van der Waals surface area contributed by atoms with Crippen LogP contribution in [0.25, 0.3) is 0 Å². The van der Waals surface area contributed by atoms with Gasteiger partial charge in [0.2, 0.25) is 0 Å². The minimum absolute atomic E-state index is 0.0110. The van der Waals surface area contributed by atoms with Crippen molar-refractivity contribution in [3.8, 4) is 0 Å². The molecule has 0 spiro atoms. The molecule has 2 aliphatic heterocycles. The minimum atomic E-state index is -4.42. The lowest BCUT2D eigenvalue weighted by Gasteiger charge is -2.33. The van der Waals surface area contributed by atoms with Gasteiger partial charge < -0.3 is 28.9 Å². The molecule has 0 aromatic rings. The topological polar surface area (TPSA) is 113 Å². The molecular formula is C19H37O9P. The molecule has 0 aromatic heterocycles. The standard InChI is InChI=1S/C19H37O9P/c1-12(2)23-11-19(10-20)18(8-15(6)27-19)28-29(21,22)24-9-17-16(25-13(3)4)7-14(5)26-17/h12-18,20H,7-11H2,1-6H3,(H,21,22)/t14-,15-,16?,17+,18?,19+/m0/s1. The molecule has 0 bridgehead atoms. The lowest BCUT2D eigenvalue weighted by Crippen LogP contribution is -2.49. The van der Waals surface area contributed by atoms with E-state index in [4.69, 9.17) is 28.0 Å². The first kappa shape index (κ1) is 25.2. The summed E-state index contributed by atoms with van der Waals surface area (Å²) in [6, 6.07) is 0. The number of aliphatic hydroxyl groups excluding tert-OH is 1. The maximum atomic E-state index is 12.6. The van der Waals surface area contributed by atoms with Crippen LogP contribution in [0.4, 0.5) is 0 Å². The van der Waals surface area contributed by atoms with Gasteiger partial charge in [-0.05, 0) is 41.5 Å². The van der Waals surface area contributed by atoms with Crippen LogP contribution in [-0.4, -0.2) is 78.1 Å². The molecule has 0 amide bonds. The second kappa shape index (κ2) is 10.5. The molecule has 2 saturated heterocycles. The minimum Gasteiger partial charge on any atom is -0.393 e. The number of ether oxygens (including phenoxy) is 4. The fourth-order valence-corrected chi connectivity index (χ4v) is 4.71. The summed E-state index contributed by atoms with van der Waals surface area (Å²) < 4.78 is 46.3. The van der Waals surface area contributed by atoms with Crippen LogP contribution in [0.2, 0.25) is 0 Å². The largest absolute Gasteiger partial charge is 0.472 e. The molecule has 2 rings (SSSR count). The highest BCUT2D eigenvalue weighted by Gasteiger charge is 2.51. The summed E-state index contributed by atoms with van der Waals surface area (Å²) >= 11 is 0. The Morgan fingerprint density at radius 2 is 1.83 bits per heavy atom. The number of hydrogen-bond donors (Lipinski definition) is 2. The number of aliphatic hydroxyl groups is 1. The third kappa shape index (κ3) is 7.23. The monoisotopic (exact) mass is 440 g/mol.